The van der Waals surface area contributed by atoms with Crippen LogP contribution in [0.25, 0.3) is 11.4 Å². The van der Waals surface area contributed by atoms with Crippen LogP contribution in [0, 0.1) is 0 Å². The first-order chi connectivity index (χ1) is 11.5. The van der Waals surface area contributed by atoms with Crippen LogP contribution in [0.1, 0.15) is 10.4 Å². The Balaban J connectivity index is 1.80. The lowest BCUT2D eigenvalue weighted by molar-refractivity contribution is 0.0696. The zero-order valence-electron chi connectivity index (χ0n) is 12.3. The maximum Gasteiger partial charge on any atom is 0.335 e. The molecule has 0 unspecified atom stereocenters. The molecule has 24 heavy (non-hydrogen) atoms. The van der Waals surface area contributed by atoms with Gasteiger partial charge >= 0.3 is 5.97 Å². The Bertz CT molecular complexity index is 948. The molecule has 0 radical (unpaired) electrons. The van der Waals surface area contributed by atoms with Gasteiger partial charge in [-0.1, -0.05) is 0 Å². The van der Waals surface area contributed by atoms with Gasteiger partial charge in [-0.2, -0.15) is 0 Å². The van der Waals surface area contributed by atoms with E-state index in [9.17, 15) is 13.2 Å². The van der Waals surface area contributed by atoms with Gasteiger partial charge in [0.05, 0.1) is 10.5 Å². The number of nitrogens with one attached hydrogen (secondary N) is 2. The van der Waals surface area contributed by atoms with E-state index in [1.165, 1.54) is 24.3 Å². The number of hydrogen-bond donors (Lipinski definition) is 3. The number of aromatic nitrogens is 2. The van der Waals surface area contributed by atoms with Crippen LogP contribution in [0.15, 0.2) is 65.8 Å². The van der Waals surface area contributed by atoms with Crippen LogP contribution in [-0.2, 0) is 10.0 Å². The molecule has 2 aromatic carbocycles. The molecule has 3 aromatic rings. The second-order valence-electron chi connectivity index (χ2n) is 4.95. The second-order valence-corrected chi connectivity index (χ2v) is 6.63. The maximum atomic E-state index is 12.3. The van der Waals surface area contributed by atoms with Gasteiger partial charge in [-0.15, -0.1) is 0 Å². The van der Waals surface area contributed by atoms with Crippen LogP contribution in [0.4, 0.5) is 5.69 Å². The highest BCUT2D eigenvalue weighted by Crippen LogP contribution is 2.20. The highest BCUT2D eigenvalue weighted by atomic mass is 32.2. The number of H-pyrrole nitrogens is 1. The van der Waals surface area contributed by atoms with Crippen molar-refractivity contribution in [3.63, 3.8) is 0 Å². The summed E-state index contributed by atoms with van der Waals surface area (Å²) in [6.45, 7) is 0. The minimum atomic E-state index is -3.79. The van der Waals surface area contributed by atoms with Gasteiger partial charge in [0.15, 0.2) is 0 Å². The zero-order chi connectivity index (χ0) is 17.2. The third kappa shape index (κ3) is 3.28. The summed E-state index contributed by atoms with van der Waals surface area (Å²) >= 11 is 0. The van der Waals surface area contributed by atoms with E-state index in [2.05, 4.69) is 14.7 Å². The van der Waals surface area contributed by atoms with Crippen molar-refractivity contribution in [1.82, 2.24) is 9.97 Å². The van der Waals surface area contributed by atoms with Gasteiger partial charge in [-0.05, 0) is 48.5 Å². The third-order valence-electron chi connectivity index (χ3n) is 3.32. The standard InChI is InChI=1S/C16H13N3O4S/c20-16(21)12-3-7-14(8-4-12)24(22,23)19-13-5-1-11(2-6-13)15-17-9-10-18-15/h1-10,19H,(H,17,18)(H,20,21). The molecule has 1 aromatic heterocycles. The lowest BCUT2D eigenvalue weighted by Gasteiger charge is -2.09. The molecule has 0 amide bonds. The highest BCUT2D eigenvalue weighted by Gasteiger charge is 2.15. The number of aromatic amines is 1. The third-order valence-corrected chi connectivity index (χ3v) is 4.72. The van der Waals surface area contributed by atoms with Crippen molar-refractivity contribution in [2.45, 2.75) is 4.90 Å². The Hall–Kier alpha value is -3.13. The summed E-state index contributed by atoms with van der Waals surface area (Å²) in [5.74, 6) is -0.422. The molecular formula is C16H13N3O4S. The number of hydrogen-bond acceptors (Lipinski definition) is 4. The van der Waals surface area contributed by atoms with E-state index in [0.29, 0.717) is 11.5 Å². The van der Waals surface area contributed by atoms with E-state index in [4.69, 9.17) is 5.11 Å². The van der Waals surface area contributed by atoms with Gasteiger partial charge in [0.2, 0.25) is 0 Å². The van der Waals surface area contributed by atoms with Crippen LogP contribution in [0.5, 0.6) is 0 Å². The molecule has 122 valence electrons. The summed E-state index contributed by atoms with van der Waals surface area (Å²) in [6.07, 6.45) is 3.33. The summed E-state index contributed by atoms with van der Waals surface area (Å²) < 4.78 is 27.1. The molecule has 0 fully saturated rings. The zero-order valence-corrected chi connectivity index (χ0v) is 13.1. The number of rotatable bonds is 5. The number of carboxylic acids is 1. The topological polar surface area (TPSA) is 112 Å². The number of benzene rings is 2. The Kier molecular flexibility index (Phi) is 4.05. The summed E-state index contributed by atoms with van der Waals surface area (Å²) in [7, 11) is -3.79. The monoisotopic (exact) mass is 343 g/mol. The first-order valence-electron chi connectivity index (χ1n) is 6.92. The molecule has 0 saturated carbocycles. The molecule has 8 heteroatoms. The van der Waals surface area contributed by atoms with Gasteiger partial charge in [0, 0.05) is 23.6 Å². The number of carboxylic acid groups (broad SMARTS) is 1. The molecule has 7 nitrogen and oxygen atoms in total. The SMILES string of the molecule is O=C(O)c1ccc(S(=O)(=O)Nc2ccc(-c3ncc[nH]3)cc2)cc1. The Morgan fingerprint density at radius 1 is 1.04 bits per heavy atom. The van der Waals surface area contributed by atoms with E-state index in [1.54, 1.807) is 36.7 Å². The minimum Gasteiger partial charge on any atom is -0.478 e. The van der Waals surface area contributed by atoms with Gasteiger partial charge in [-0.3, -0.25) is 4.72 Å². The van der Waals surface area contributed by atoms with Crippen molar-refractivity contribution in [3.8, 4) is 11.4 Å². The summed E-state index contributed by atoms with van der Waals surface area (Å²) in [5.41, 5.74) is 1.25. The molecule has 0 bridgehead atoms. The number of anilines is 1. The van der Waals surface area contributed by atoms with Crippen molar-refractivity contribution in [1.29, 1.82) is 0 Å². The van der Waals surface area contributed by atoms with Crippen LogP contribution >= 0.6 is 0 Å². The Morgan fingerprint density at radius 2 is 1.71 bits per heavy atom. The fourth-order valence-electron chi connectivity index (χ4n) is 2.11. The van der Waals surface area contributed by atoms with Crippen LogP contribution in [0.2, 0.25) is 0 Å². The van der Waals surface area contributed by atoms with E-state index in [0.717, 1.165) is 5.56 Å². The second kappa shape index (κ2) is 6.17. The Morgan fingerprint density at radius 3 is 2.25 bits per heavy atom. The fourth-order valence-corrected chi connectivity index (χ4v) is 3.17. The smallest absolute Gasteiger partial charge is 0.335 e. The van der Waals surface area contributed by atoms with Crippen molar-refractivity contribution in [2.24, 2.45) is 0 Å². The quantitative estimate of drug-likeness (QED) is 0.659. The molecule has 0 atom stereocenters. The lowest BCUT2D eigenvalue weighted by Crippen LogP contribution is -2.13. The van der Waals surface area contributed by atoms with Crippen molar-refractivity contribution < 1.29 is 18.3 Å². The minimum absolute atomic E-state index is 0.0115. The van der Waals surface area contributed by atoms with Crippen molar-refractivity contribution in [2.75, 3.05) is 4.72 Å². The predicted octanol–water partition coefficient (Wildman–Crippen LogP) is 2.58. The molecule has 3 rings (SSSR count). The average Bonchev–Trinajstić information content (AvgIpc) is 3.10. The molecule has 0 aliphatic carbocycles. The number of aromatic carboxylic acids is 1. The summed E-state index contributed by atoms with van der Waals surface area (Å²) in [4.78, 5) is 17.9. The van der Waals surface area contributed by atoms with Gasteiger partial charge in [-0.25, -0.2) is 18.2 Å². The largest absolute Gasteiger partial charge is 0.478 e. The summed E-state index contributed by atoms with van der Waals surface area (Å²) in [6, 6.07) is 11.7. The average molecular weight is 343 g/mol. The van der Waals surface area contributed by atoms with Crippen LogP contribution < -0.4 is 4.72 Å². The van der Waals surface area contributed by atoms with E-state index in [1.807, 2.05) is 0 Å². The lowest BCUT2D eigenvalue weighted by atomic mass is 10.2. The number of sulfonamides is 1. The van der Waals surface area contributed by atoms with Crippen LogP contribution in [-0.4, -0.2) is 29.5 Å². The fraction of sp³-hybridized carbons (Fsp3) is 0. The van der Waals surface area contributed by atoms with Crippen LogP contribution in [0.3, 0.4) is 0 Å². The summed E-state index contributed by atoms with van der Waals surface area (Å²) in [5, 5.41) is 8.85. The molecule has 0 spiro atoms. The molecule has 0 aliphatic heterocycles. The number of imidazole rings is 1. The molecular weight excluding hydrogens is 330 g/mol. The van der Waals surface area contributed by atoms with Crippen molar-refractivity contribution in [3.05, 3.63) is 66.5 Å². The van der Waals surface area contributed by atoms with E-state index in [-0.39, 0.29) is 10.5 Å². The predicted molar refractivity (Wildman–Crippen MR) is 88.2 cm³/mol. The first-order valence-corrected chi connectivity index (χ1v) is 8.40. The molecule has 3 N–H and O–H groups in total. The highest BCUT2D eigenvalue weighted by molar-refractivity contribution is 7.92. The first kappa shape index (κ1) is 15.8. The molecule has 0 aliphatic rings. The van der Waals surface area contributed by atoms with Gasteiger partial charge in [0.25, 0.3) is 10.0 Å². The number of carbonyl (C=O) groups is 1. The van der Waals surface area contributed by atoms with Gasteiger partial charge in [0.1, 0.15) is 5.82 Å². The normalized spacial score (nSPS) is 11.2. The maximum absolute atomic E-state index is 12.3. The molecule has 0 saturated heterocycles. The number of nitrogens with zero attached hydrogens (tertiary/aromatic N) is 1. The Labute approximate surface area is 138 Å². The van der Waals surface area contributed by atoms with Gasteiger partial charge < -0.3 is 10.1 Å². The molecule has 1 heterocycles. The van der Waals surface area contributed by atoms with Crippen molar-refractivity contribution >= 4 is 21.7 Å². The van der Waals surface area contributed by atoms with E-state index >= 15 is 0 Å². The van der Waals surface area contributed by atoms with E-state index < -0.39 is 16.0 Å².